The Morgan fingerprint density at radius 2 is 1.85 bits per heavy atom. The van der Waals surface area contributed by atoms with E-state index in [2.05, 4.69) is 34.3 Å². The van der Waals surface area contributed by atoms with Crippen molar-refractivity contribution < 1.29 is 22.7 Å². The molecular formula is C40H41F3N8O2. The number of aryl methyl sites for hydroxylation is 1. The second-order valence-corrected chi connectivity index (χ2v) is 15.4. The van der Waals surface area contributed by atoms with Gasteiger partial charge >= 0.3 is 6.18 Å². The third-order valence-electron chi connectivity index (χ3n) is 12.2. The number of hydrogen-bond acceptors (Lipinski definition) is 9. The molecule has 3 fully saturated rings. The van der Waals surface area contributed by atoms with Crippen LogP contribution in [0.5, 0.6) is 5.75 Å². The lowest BCUT2D eigenvalue weighted by atomic mass is 9.48. The quantitative estimate of drug-likeness (QED) is 0.162. The number of halogens is 3. The predicted molar refractivity (Wildman–Crippen MR) is 194 cm³/mol. The van der Waals surface area contributed by atoms with Crippen molar-refractivity contribution in [1.82, 2.24) is 25.1 Å². The molecule has 4 aromatic rings. The molecule has 13 heteroatoms. The minimum atomic E-state index is -4.63. The van der Waals surface area contributed by atoms with Gasteiger partial charge in [0.1, 0.15) is 22.4 Å². The Hall–Kier alpha value is -4.96. The van der Waals surface area contributed by atoms with Crippen LogP contribution in [0.25, 0.3) is 39.0 Å². The lowest BCUT2D eigenvalue weighted by Crippen LogP contribution is -2.59. The predicted octanol–water partition coefficient (Wildman–Crippen LogP) is 8.67. The number of rotatable bonds is 10. The fraction of sp³-hybridized carbons (Fsp3) is 0.475. The first-order valence-electron chi connectivity index (χ1n) is 18.3. The maximum atomic E-state index is 14.1. The molecule has 10 nitrogen and oxygen atoms in total. The van der Waals surface area contributed by atoms with Gasteiger partial charge in [-0.3, -0.25) is 9.89 Å². The number of fused-ring (bicyclic) bond motifs is 2. The summed E-state index contributed by atoms with van der Waals surface area (Å²) in [6.07, 6.45) is 6.05. The van der Waals surface area contributed by atoms with Crippen LogP contribution in [0.2, 0.25) is 0 Å². The first kappa shape index (κ1) is 35.1. The number of aromatic nitrogens is 4. The zero-order chi connectivity index (χ0) is 37.2. The number of ether oxygens (including phenoxy) is 1. The second-order valence-electron chi connectivity index (χ2n) is 15.4. The number of alkyl halides is 3. The van der Waals surface area contributed by atoms with E-state index < -0.39 is 23.9 Å². The lowest BCUT2D eigenvalue weighted by Gasteiger charge is -2.58. The summed E-state index contributed by atoms with van der Waals surface area (Å²) in [5, 5.41) is 27.5. The zero-order valence-electron chi connectivity index (χ0n) is 29.7. The summed E-state index contributed by atoms with van der Waals surface area (Å²) in [5.74, 6) is 0.285. The van der Waals surface area contributed by atoms with E-state index in [9.17, 15) is 18.0 Å². The van der Waals surface area contributed by atoms with Gasteiger partial charge in [-0.15, -0.1) is 0 Å². The van der Waals surface area contributed by atoms with Crippen LogP contribution in [-0.2, 0) is 10.3 Å². The molecule has 5 aliphatic heterocycles. The number of carbonyl (C=O) groups is 1. The average molecular weight is 723 g/mol. The van der Waals surface area contributed by atoms with Crippen LogP contribution < -0.4 is 4.74 Å². The Morgan fingerprint density at radius 3 is 2.53 bits per heavy atom. The summed E-state index contributed by atoms with van der Waals surface area (Å²) in [4.78, 5) is 25.9. The van der Waals surface area contributed by atoms with Crippen molar-refractivity contribution in [1.29, 1.82) is 5.26 Å². The highest BCUT2D eigenvalue weighted by Crippen LogP contribution is 2.65. The molecule has 53 heavy (non-hydrogen) atoms. The number of nitrogens with one attached hydrogen (secondary N) is 1. The van der Waals surface area contributed by atoms with Crippen LogP contribution in [0.3, 0.4) is 0 Å². The van der Waals surface area contributed by atoms with Crippen molar-refractivity contribution in [2.24, 2.45) is 15.6 Å². The summed E-state index contributed by atoms with van der Waals surface area (Å²) >= 11 is 0. The Balaban J connectivity index is 1.39. The molecular weight excluding hydrogens is 681 g/mol. The summed E-state index contributed by atoms with van der Waals surface area (Å²) in [6, 6.07) is 7.90. The third-order valence-corrected chi connectivity index (χ3v) is 12.2. The van der Waals surface area contributed by atoms with Gasteiger partial charge in [0, 0.05) is 35.2 Å². The van der Waals surface area contributed by atoms with Gasteiger partial charge in [0.2, 0.25) is 0 Å². The molecule has 2 aromatic heterocycles. The van der Waals surface area contributed by atoms with Crippen molar-refractivity contribution in [2.45, 2.75) is 87.9 Å². The average Bonchev–Trinajstić information content (AvgIpc) is 3.61. The minimum Gasteiger partial charge on any atom is -0.481 e. The van der Waals surface area contributed by atoms with Crippen molar-refractivity contribution in [3.8, 4) is 22.9 Å². The Labute approximate surface area is 305 Å². The molecule has 1 N–H and O–H groups in total. The number of carbonyl (C=O) groups excluding carboxylic acids is 1. The molecule has 1 spiro atoms. The Morgan fingerprint density at radius 1 is 1.09 bits per heavy atom. The standard InChI is InChI=1S/C40H41F3N8O2/c1-4-25-19-27-33(34(53-23-40(41,42)43)32(25)31-24(3)7-8-29-28(31)20-45-48-29)46-36(26-9-17-51(18-10-26)16-6-15-44)47-35(27)38-13-11-37(12-14-38)21-39(22-37,50-49-38)30(52)5-2/h4-5,7-8,19-20,26H,1-2,6,9-14,16-18,21-23H2,3H3,(H,45,48). The molecule has 1 saturated heterocycles. The van der Waals surface area contributed by atoms with Crippen LogP contribution in [0, 0.1) is 23.7 Å². The number of piperidine rings is 1. The number of H-pyrrole nitrogens is 1. The van der Waals surface area contributed by atoms with Gasteiger partial charge in [-0.05, 0) is 112 Å². The van der Waals surface area contributed by atoms with E-state index in [-0.39, 0.29) is 28.4 Å². The van der Waals surface area contributed by atoms with E-state index in [1.807, 2.05) is 25.1 Å². The first-order valence-corrected chi connectivity index (χ1v) is 18.3. The number of benzene rings is 2. The summed E-state index contributed by atoms with van der Waals surface area (Å²) in [7, 11) is 0. The number of nitrogens with zero attached hydrogens (tertiary/aromatic N) is 7. The highest BCUT2D eigenvalue weighted by atomic mass is 19.4. The van der Waals surface area contributed by atoms with Gasteiger partial charge in [0.25, 0.3) is 0 Å². The van der Waals surface area contributed by atoms with Crippen LogP contribution in [-0.4, -0.2) is 68.8 Å². The number of aromatic amines is 1. The maximum Gasteiger partial charge on any atom is 0.422 e. The van der Waals surface area contributed by atoms with Gasteiger partial charge in [0.05, 0.1) is 23.5 Å². The molecule has 0 atom stereocenters. The molecule has 3 bridgehead atoms. The van der Waals surface area contributed by atoms with Gasteiger partial charge in [-0.1, -0.05) is 25.3 Å². The SMILES string of the molecule is C=CC(=O)C12CC3(CCC(c4nc(C5CCN(CCC#N)CC5)nc5c(OCC(F)(F)F)c(-c6c(C)ccc7[nH]ncc67)c(C=C)cc45)(CC3)N=N1)C2. The largest absolute Gasteiger partial charge is 0.481 e. The third kappa shape index (κ3) is 5.91. The normalized spacial score (nSPS) is 25.8. The Bertz CT molecular complexity index is 2210. The summed E-state index contributed by atoms with van der Waals surface area (Å²) < 4.78 is 48.2. The molecule has 7 aliphatic rings. The highest BCUT2D eigenvalue weighted by Gasteiger charge is 2.63. The number of hydrogen-bond donors (Lipinski definition) is 1. The molecule has 0 unspecified atom stereocenters. The van der Waals surface area contributed by atoms with E-state index in [0.29, 0.717) is 85.1 Å². The molecule has 2 aromatic carbocycles. The number of likely N-dealkylation sites (tertiary alicyclic amines) is 1. The topological polar surface area (TPSA) is 133 Å². The van der Waals surface area contributed by atoms with Crippen molar-refractivity contribution in [2.75, 3.05) is 26.2 Å². The van der Waals surface area contributed by atoms with Crippen LogP contribution in [0.1, 0.15) is 86.4 Å². The van der Waals surface area contributed by atoms with Crippen LogP contribution in [0.15, 0.2) is 53.9 Å². The maximum absolute atomic E-state index is 14.1. The monoisotopic (exact) mass is 722 g/mol. The van der Waals surface area contributed by atoms with E-state index in [1.54, 1.807) is 12.3 Å². The van der Waals surface area contributed by atoms with Gasteiger partial charge in [-0.2, -0.15) is 33.8 Å². The molecule has 2 saturated carbocycles. The van der Waals surface area contributed by atoms with Crippen LogP contribution in [0.4, 0.5) is 13.2 Å². The zero-order valence-corrected chi connectivity index (χ0v) is 29.7. The van der Waals surface area contributed by atoms with Gasteiger partial charge in [0.15, 0.2) is 18.1 Å². The number of nitriles is 1. The Kier molecular flexibility index (Phi) is 8.52. The smallest absolute Gasteiger partial charge is 0.422 e. The van der Waals surface area contributed by atoms with E-state index in [0.717, 1.165) is 42.4 Å². The van der Waals surface area contributed by atoms with Crippen molar-refractivity contribution in [3.05, 3.63) is 66.3 Å². The van der Waals surface area contributed by atoms with Crippen LogP contribution >= 0.6 is 0 Å². The van der Waals surface area contributed by atoms with Crippen molar-refractivity contribution in [3.63, 3.8) is 0 Å². The molecule has 7 heterocycles. The van der Waals surface area contributed by atoms with Gasteiger partial charge < -0.3 is 9.64 Å². The lowest BCUT2D eigenvalue weighted by molar-refractivity contribution is -0.153. The molecule has 0 amide bonds. The summed E-state index contributed by atoms with van der Waals surface area (Å²) in [5.41, 5.74) is 2.18. The fourth-order valence-corrected chi connectivity index (χ4v) is 9.40. The second kappa shape index (κ2) is 12.9. The molecule has 274 valence electrons. The van der Waals surface area contributed by atoms with E-state index in [4.69, 9.17) is 30.2 Å². The summed E-state index contributed by atoms with van der Waals surface area (Å²) in [6.45, 7) is 10.4. The fourth-order valence-electron chi connectivity index (χ4n) is 9.40. The molecule has 2 aliphatic carbocycles. The van der Waals surface area contributed by atoms with E-state index >= 15 is 0 Å². The molecule has 11 rings (SSSR count). The number of ketones is 1. The highest BCUT2D eigenvalue weighted by molar-refractivity contribution is 6.05. The number of azo groups is 1. The minimum absolute atomic E-state index is 0.00417. The van der Waals surface area contributed by atoms with Crippen molar-refractivity contribution >= 4 is 33.7 Å². The van der Waals surface area contributed by atoms with Gasteiger partial charge in [-0.25, -0.2) is 9.97 Å². The first-order chi connectivity index (χ1) is 25.4. The molecule has 0 radical (unpaired) electrons. The van der Waals surface area contributed by atoms with E-state index in [1.165, 1.54) is 6.08 Å².